The van der Waals surface area contributed by atoms with Crippen LogP contribution in [-0.4, -0.2) is 10.9 Å². The van der Waals surface area contributed by atoms with Gasteiger partial charge >= 0.3 is 0 Å². The maximum Gasteiger partial charge on any atom is 0.250 e. The number of ether oxygens (including phenoxy) is 1. The molecule has 0 saturated heterocycles. The molecule has 20 heavy (non-hydrogen) atoms. The van der Waals surface area contributed by atoms with Gasteiger partial charge in [0.05, 0.1) is 5.56 Å². The molecule has 0 aliphatic rings. The first kappa shape index (κ1) is 13.9. The zero-order chi connectivity index (χ0) is 14.7. The van der Waals surface area contributed by atoms with E-state index in [1.807, 2.05) is 0 Å². The van der Waals surface area contributed by atoms with Crippen LogP contribution in [0.1, 0.15) is 22.8 Å². The van der Waals surface area contributed by atoms with E-state index in [0.29, 0.717) is 12.0 Å². The molecule has 2 N–H and O–H groups in total. The standard InChI is InChI=1S/C14H12F2N2O2/c1-2-8-5-10(15)13(11(16)6-8)20-12-4-3-9(7-18-12)14(17)19/h3-7H,2H2,1H3,(H2,17,19). The van der Waals surface area contributed by atoms with Gasteiger partial charge in [0, 0.05) is 12.3 Å². The molecule has 2 aromatic rings. The van der Waals surface area contributed by atoms with Crippen LogP contribution in [0.2, 0.25) is 0 Å². The first-order chi connectivity index (χ1) is 9.51. The molecule has 0 unspecified atom stereocenters. The Hall–Kier alpha value is -2.50. The second-order valence-corrected chi connectivity index (χ2v) is 4.09. The molecule has 104 valence electrons. The first-order valence-electron chi connectivity index (χ1n) is 5.93. The molecule has 0 aliphatic carbocycles. The lowest BCUT2D eigenvalue weighted by molar-refractivity contribution is 0.1000. The third kappa shape index (κ3) is 2.90. The van der Waals surface area contributed by atoms with Crippen LogP contribution in [0, 0.1) is 11.6 Å². The molecular weight excluding hydrogens is 266 g/mol. The van der Waals surface area contributed by atoms with E-state index in [9.17, 15) is 13.6 Å². The molecule has 0 saturated carbocycles. The summed E-state index contributed by atoms with van der Waals surface area (Å²) in [6, 6.07) is 5.08. The number of hydrogen-bond donors (Lipinski definition) is 1. The average Bonchev–Trinajstić information content (AvgIpc) is 2.43. The number of pyridine rings is 1. The molecule has 0 spiro atoms. The van der Waals surface area contributed by atoms with Gasteiger partial charge in [-0.25, -0.2) is 13.8 Å². The number of aromatic nitrogens is 1. The second kappa shape index (κ2) is 5.64. The van der Waals surface area contributed by atoms with Gasteiger partial charge < -0.3 is 10.5 Å². The Morgan fingerprint density at radius 3 is 2.40 bits per heavy atom. The van der Waals surface area contributed by atoms with Crippen molar-refractivity contribution in [3.8, 4) is 11.6 Å². The minimum Gasteiger partial charge on any atom is -0.433 e. The van der Waals surface area contributed by atoms with Crippen LogP contribution < -0.4 is 10.5 Å². The highest BCUT2D eigenvalue weighted by Crippen LogP contribution is 2.27. The smallest absolute Gasteiger partial charge is 0.250 e. The molecule has 0 radical (unpaired) electrons. The van der Waals surface area contributed by atoms with Crippen molar-refractivity contribution in [3.05, 3.63) is 53.2 Å². The fourth-order valence-electron chi connectivity index (χ4n) is 1.60. The van der Waals surface area contributed by atoms with Crippen LogP contribution in [0.5, 0.6) is 11.6 Å². The second-order valence-electron chi connectivity index (χ2n) is 4.09. The largest absolute Gasteiger partial charge is 0.433 e. The van der Waals surface area contributed by atoms with Gasteiger partial charge in [0.1, 0.15) is 0 Å². The van der Waals surface area contributed by atoms with Crippen LogP contribution in [0.4, 0.5) is 8.78 Å². The predicted octanol–water partition coefficient (Wildman–Crippen LogP) is 2.81. The molecule has 0 aliphatic heterocycles. The predicted molar refractivity (Wildman–Crippen MR) is 68.6 cm³/mol. The number of halogens is 2. The molecule has 6 heteroatoms. The summed E-state index contributed by atoms with van der Waals surface area (Å²) in [6.45, 7) is 1.79. The zero-order valence-electron chi connectivity index (χ0n) is 10.7. The Balaban J connectivity index is 2.28. The molecule has 1 amide bonds. The topological polar surface area (TPSA) is 65.2 Å². The first-order valence-corrected chi connectivity index (χ1v) is 5.93. The quantitative estimate of drug-likeness (QED) is 0.935. The molecule has 0 atom stereocenters. The normalized spacial score (nSPS) is 10.3. The number of rotatable bonds is 4. The maximum atomic E-state index is 13.7. The molecule has 0 bridgehead atoms. The Labute approximate surface area is 114 Å². The zero-order valence-corrected chi connectivity index (χ0v) is 10.7. The number of hydrogen-bond acceptors (Lipinski definition) is 3. The molecule has 0 fully saturated rings. The van der Waals surface area contributed by atoms with Crippen molar-refractivity contribution < 1.29 is 18.3 Å². The fourth-order valence-corrected chi connectivity index (χ4v) is 1.60. The van der Waals surface area contributed by atoms with Crippen molar-refractivity contribution in [1.82, 2.24) is 4.98 Å². The summed E-state index contributed by atoms with van der Waals surface area (Å²) in [4.78, 5) is 14.6. The van der Waals surface area contributed by atoms with Crippen molar-refractivity contribution in [2.24, 2.45) is 5.73 Å². The number of carbonyl (C=O) groups is 1. The molecule has 1 aromatic heterocycles. The van der Waals surface area contributed by atoms with Gasteiger partial charge in [-0.15, -0.1) is 0 Å². The van der Waals surface area contributed by atoms with E-state index in [4.69, 9.17) is 10.5 Å². The molecule has 2 rings (SSSR count). The van der Waals surface area contributed by atoms with Crippen LogP contribution in [-0.2, 0) is 6.42 Å². The molecule has 1 aromatic carbocycles. The summed E-state index contributed by atoms with van der Waals surface area (Å²) in [7, 11) is 0. The van der Waals surface area contributed by atoms with Gasteiger partial charge in [0.15, 0.2) is 11.6 Å². The number of nitrogens with two attached hydrogens (primary N) is 1. The number of carbonyl (C=O) groups excluding carboxylic acids is 1. The maximum absolute atomic E-state index is 13.7. The van der Waals surface area contributed by atoms with Gasteiger partial charge in [-0.1, -0.05) is 6.92 Å². The lowest BCUT2D eigenvalue weighted by Gasteiger charge is -2.08. The highest BCUT2D eigenvalue weighted by atomic mass is 19.1. The van der Waals surface area contributed by atoms with Gasteiger partial charge in [-0.2, -0.15) is 0 Å². The molecular formula is C14H12F2N2O2. The van der Waals surface area contributed by atoms with Crippen LogP contribution >= 0.6 is 0 Å². The summed E-state index contributed by atoms with van der Waals surface area (Å²) in [5, 5.41) is 0. The lowest BCUT2D eigenvalue weighted by atomic mass is 10.1. The Morgan fingerprint density at radius 2 is 1.95 bits per heavy atom. The van der Waals surface area contributed by atoms with E-state index in [1.165, 1.54) is 30.5 Å². The number of aryl methyl sites for hydroxylation is 1. The summed E-state index contributed by atoms with van der Waals surface area (Å²) in [6.07, 6.45) is 1.69. The van der Waals surface area contributed by atoms with Crippen molar-refractivity contribution in [2.45, 2.75) is 13.3 Å². The van der Waals surface area contributed by atoms with Crippen LogP contribution in [0.3, 0.4) is 0 Å². The minimum atomic E-state index is -0.803. The number of primary amides is 1. The average molecular weight is 278 g/mol. The SMILES string of the molecule is CCc1cc(F)c(Oc2ccc(C(N)=O)cn2)c(F)c1. The van der Waals surface area contributed by atoms with E-state index in [1.54, 1.807) is 6.92 Å². The van der Waals surface area contributed by atoms with Crippen molar-refractivity contribution >= 4 is 5.91 Å². The van der Waals surface area contributed by atoms with Crippen molar-refractivity contribution in [3.63, 3.8) is 0 Å². The van der Waals surface area contributed by atoms with Gasteiger partial charge in [-0.3, -0.25) is 4.79 Å². The highest BCUT2D eigenvalue weighted by Gasteiger charge is 2.14. The van der Waals surface area contributed by atoms with Crippen molar-refractivity contribution in [2.75, 3.05) is 0 Å². The Morgan fingerprint density at radius 1 is 1.30 bits per heavy atom. The summed E-state index contributed by atoms with van der Waals surface area (Å²) in [5.74, 6) is -2.81. The fraction of sp³-hybridized carbons (Fsp3) is 0.143. The van der Waals surface area contributed by atoms with Gasteiger partial charge in [0.2, 0.25) is 17.5 Å². The van der Waals surface area contributed by atoms with E-state index in [0.717, 1.165) is 0 Å². The Bertz CT molecular complexity index is 619. The lowest BCUT2D eigenvalue weighted by Crippen LogP contribution is -2.11. The highest BCUT2D eigenvalue weighted by molar-refractivity contribution is 5.92. The van der Waals surface area contributed by atoms with E-state index in [2.05, 4.69) is 4.98 Å². The number of amides is 1. The minimum absolute atomic E-state index is 0.0305. The Kier molecular flexibility index (Phi) is 3.93. The number of benzene rings is 1. The summed E-state index contributed by atoms with van der Waals surface area (Å²) < 4.78 is 32.5. The van der Waals surface area contributed by atoms with Crippen LogP contribution in [0.15, 0.2) is 30.5 Å². The summed E-state index contributed by atoms with van der Waals surface area (Å²) in [5.41, 5.74) is 5.77. The van der Waals surface area contributed by atoms with E-state index in [-0.39, 0.29) is 11.4 Å². The van der Waals surface area contributed by atoms with Gasteiger partial charge in [0.25, 0.3) is 0 Å². The van der Waals surface area contributed by atoms with Gasteiger partial charge in [-0.05, 0) is 30.2 Å². The van der Waals surface area contributed by atoms with Crippen LogP contribution in [0.25, 0.3) is 0 Å². The van der Waals surface area contributed by atoms with E-state index >= 15 is 0 Å². The third-order valence-electron chi connectivity index (χ3n) is 2.69. The molecule has 1 heterocycles. The summed E-state index contributed by atoms with van der Waals surface area (Å²) >= 11 is 0. The van der Waals surface area contributed by atoms with E-state index < -0.39 is 23.3 Å². The van der Waals surface area contributed by atoms with Crippen molar-refractivity contribution in [1.29, 1.82) is 0 Å². The monoisotopic (exact) mass is 278 g/mol. The number of nitrogens with zero attached hydrogens (tertiary/aromatic N) is 1. The molecule has 4 nitrogen and oxygen atoms in total. The third-order valence-corrected chi connectivity index (χ3v) is 2.69.